The van der Waals surface area contributed by atoms with Gasteiger partial charge in [-0.1, -0.05) is 30.3 Å². The lowest BCUT2D eigenvalue weighted by Crippen LogP contribution is -2.42. The fourth-order valence-corrected chi connectivity index (χ4v) is 2.89. The Balaban J connectivity index is 1.56. The maximum absolute atomic E-state index is 5.75. The van der Waals surface area contributed by atoms with Crippen molar-refractivity contribution in [1.29, 1.82) is 0 Å². The van der Waals surface area contributed by atoms with Gasteiger partial charge in [0.2, 0.25) is 0 Å². The second-order valence-electron chi connectivity index (χ2n) is 7.30. The molecule has 0 radical (unpaired) electrons. The minimum Gasteiger partial charge on any atom is -0.376 e. The van der Waals surface area contributed by atoms with Gasteiger partial charge in [-0.25, -0.2) is 0 Å². The minimum atomic E-state index is -0.0111. The zero-order chi connectivity index (χ0) is 15.8. The van der Waals surface area contributed by atoms with Gasteiger partial charge in [-0.2, -0.15) is 0 Å². The number of piperidine rings is 1. The summed E-state index contributed by atoms with van der Waals surface area (Å²) in [4.78, 5) is 2.57. The minimum absolute atomic E-state index is 0.0111. The van der Waals surface area contributed by atoms with Gasteiger partial charge in [0.05, 0.1) is 5.60 Å². The van der Waals surface area contributed by atoms with E-state index >= 15 is 0 Å². The number of hydrogen-bond donors (Lipinski definition) is 1. The van der Waals surface area contributed by atoms with Crippen LogP contribution >= 0.6 is 0 Å². The maximum atomic E-state index is 5.75. The molecule has 2 rings (SSSR count). The molecule has 1 N–H and O–H groups in total. The SMILES string of the molecule is CC(C)(C)OCCCNC1CCN(Cc2ccccc2)CC1. The van der Waals surface area contributed by atoms with Crippen molar-refractivity contribution in [3.63, 3.8) is 0 Å². The van der Waals surface area contributed by atoms with E-state index in [1.165, 1.54) is 31.5 Å². The van der Waals surface area contributed by atoms with Crippen molar-refractivity contribution < 1.29 is 4.74 Å². The quantitative estimate of drug-likeness (QED) is 0.781. The summed E-state index contributed by atoms with van der Waals surface area (Å²) >= 11 is 0. The molecule has 0 atom stereocenters. The lowest BCUT2D eigenvalue weighted by Gasteiger charge is -2.32. The molecule has 124 valence electrons. The standard InChI is InChI=1S/C19H32N2O/c1-19(2,3)22-15-7-12-20-18-10-13-21(14-11-18)16-17-8-5-4-6-9-17/h4-6,8-9,18,20H,7,10-16H2,1-3H3. The lowest BCUT2D eigenvalue weighted by atomic mass is 10.0. The van der Waals surface area contributed by atoms with E-state index < -0.39 is 0 Å². The van der Waals surface area contributed by atoms with E-state index in [1.54, 1.807) is 0 Å². The molecule has 0 saturated carbocycles. The van der Waals surface area contributed by atoms with Crippen molar-refractivity contribution >= 4 is 0 Å². The number of nitrogens with zero attached hydrogens (tertiary/aromatic N) is 1. The van der Waals surface area contributed by atoms with Gasteiger partial charge in [-0.15, -0.1) is 0 Å². The molecule has 1 fully saturated rings. The van der Waals surface area contributed by atoms with E-state index in [4.69, 9.17) is 4.74 Å². The Labute approximate surface area is 136 Å². The van der Waals surface area contributed by atoms with Gasteiger partial charge in [0, 0.05) is 19.2 Å². The summed E-state index contributed by atoms with van der Waals surface area (Å²) in [5.74, 6) is 0. The number of rotatable bonds is 7. The first kappa shape index (κ1) is 17.5. The van der Waals surface area contributed by atoms with Gasteiger partial charge in [0.25, 0.3) is 0 Å². The maximum Gasteiger partial charge on any atom is 0.0598 e. The molecule has 0 bridgehead atoms. The molecule has 0 aromatic heterocycles. The first-order valence-electron chi connectivity index (χ1n) is 8.66. The van der Waals surface area contributed by atoms with E-state index in [0.29, 0.717) is 6.04 Å². The third-order valence-corrected chi connectivity index (χ3v) is 4.13. The molecule has 0 aliphatic carbocycles. The molecule has 1 heterocycles. The van der Waals surface area contributed by atoms with Crippen molar-refractivity contribution in [3.8, 4) is 0 Å². The molecule has 1 aromatic carbocycles. The van der Waals surface area contributed by atoms with Crippen LogP contribution in [0.5, 0.6) is 0 Å². The topological polar surface area (TPSA) is 24.5 Å². The van der Waals surface area contributed by atoms with Crippen molar-refractivity contribution in [3.05, 3.63) is 35.9 Å². The van der Waals surface area contributed by atoms with E-state index in [-0.39, 0.29) is 5.60 Å². The third kappa shape index (κ3) is 6.91. The normalized spacial score (nSPS) is 17.8. The number of likely N-dealkylation sites (tertiary alicyclic amines) is 1. The molecule has 22 heavy (non-hydrogen) atoms. The van der Waals surface area contributed by atoms with Gasteiger partial charge < -0.3 is 10.1 Å². The van der Waals surface area contributed by atoms with Crippen LogP contribution < -0.4 is 5.32 Å². The number of ether oxygens (including phenoxy) is 1. The Morgan fingerprint density at radius 1 is 1.14 bits per heavy atom. The second-order valence-corrected chi connectivity index (χ2v) is 7.30. The average molecular weight is 304 g/mol. The van der Waals surface area contributed by atoms with Crippen LogP contribution in [0.4, 0.5) is 0 Å². The third-order valence-electron chi connectivity index (χ3n) is 4.13. The molecule has 3 heteroatoms. The van der Waals surface area contributed by atoms with Crippen LogP contribution in [-0.2, 0) is 11.3 Å². The molecule has 0 amide bonds. The largest absolute Gasteiger partial charge is 0.376 e. The molecule has 1 aliphatic rings. The van der Waals surface area contributed by atoms with Crippen LogP contribution in [0.2, 0.25) is 0 Å². The highest BCUT2D eigenvalue weighted by Gasteiger charge is 2.18. The fraction of sp³-hybridized carbons (Fsp3) is 0.684. The number of benzene rings is 1. The monoisotopic (exact) mass is 304 g/mol. The van der Waals surface area contributed by atoms with Gasteiger partial charge in [0.15, 0.2) is 0 Å². The molecule has 0 spiro atoms. The second kappa shape index (κ2) is 8.66. The Hall–Kier alpha value is -0.900. The predicted octanol–water partition coefficient (Wildman–Crippen LogP) is 3.45. The van der Waals surface area contributed by atoms with Gasteiger partial charge in [0.1, 0.15) is 0 Å². The zero-order valence-electron chi connectivity index (χ0n) is 14.5. The van der Waals surface area contributed by atoms with Crippen LogP contribution in [0.15, 0.2) is 30.3 Å². The van der Waals surface area contributed by atoms with Gasteiger partial charge in [-0.05, 0) is 65.2 Å². The van der Waals surface area contributed by atoms with E-state index in [9.17, 15) is 0 Å². The molecule has 0 unspecified atom stereocenters. The summed E-state index contributed by atoms with van der Waals surface area (Å²) in [5.41, 5.74) is 1.41. The van der Waals surface area contributed by atoms with E-state index in [1.807, 2.05) is 0 Å². The van der Waals surface area contributed by atoms with E-state index in [2.05, 4.69) is 61.3 Å². The molecule has 3 nitrogen and oxygen atoms in total. The smallest absolute Gasteiger partial charge is 0.0598 e. The average Bonchev–Trinajstić information content (AvgIpc) is 2.48. The molecular weight excluding hydrogens is 272 g/mol. The van der Waals surface area contributed by atoms with Crippen molar-refractivity contribution in [2.75, 3.05) is 26.2 Å². The van der Waals surface area contributed by atoms with Crippen LogP contribution in [0.3, 0.4) is 0 Å². The summed E-state index contributed by atoms with van der Waals surface area (Å²) in [6.45, 7) is 11.8. The highest BCUT2D eigenvalue weighted by molar-refractivity contribution is 5.14. The first-order chi connectivity index (χ1) is 10.5. The van der Waals surface area contributed by atoms with Crippen molar-refractivity contribution in [2.45, 2.75) is 58.2 Å². The molecule has 1 aromatic rings. The van der Waals surface area contributed by atoms with Crippen LogP contribution in [0, 0.1) is 0 Å². The Morgan fingerprint density at radius 3 is 2.45 bits per heavy atom. The summed E-state index contributed by atoms with van der Waals surface area (Å²) in [7, 11) is 0. The highest BCUT2D eigenvalue weighted by atomic mass is 16.5. The Kier molecular flexibility index (Phi) is 6.87. The fourth-order valence-electron chi connectivity index (χ4n) is 2.89. The number of hydrogen-bond acceptors (Lipinski definition) is 3. The van der Waals surface area contributed by atoms with Crippen LogP contribution in [0.25, 0.3) is 0 Å². The van der Waals surface area contributed by atoms with Gasteiger partial charge >= 0.3 is 0 Å². The molecular formula is C19H32N2O. The zero-order valence-corrected chi connectivity index (χ0v) is 14.5. The van der Waals surface area contributed by atoms with E-state index in [0.717, 1.165) is 26.1 Å². The summed E-state index contributed by atoms with van der Waals surface area (Å²) in [6.07, 6.45) is 3.61. The highest BCUT2D eigenvalue weighted by Crippen LogP contribution is 2.14. The summed E-state index contributed by atoms with van der Waals surface area (Å²) < 4.78 is 5.75. The Morgan fingerprint density at radius 2 is 1.82 bits per heavy atom. The van der Waals surface area contributed by atoms with Crippen molar-refractivity contribution in [1.82, 2.24) is 10.2 Å². The first-order valence-corrected chi connectivity index (χ1v) is 8.66. The van der Waals surface area contributed by atoms with Crippen LogP contribution in [0.1, 0.15) is 45.6 Å². The van der Waals surface area contributed by atoms with Gasteiger partial charge in [-0.3, -0.25) is 4.90 Å². The van der Waals surface area contributed by atoms with Crippen LogP contribution in [-0.4, -0.2) is 42.8 Å². The predicted molar refractivity (Wildman–Crippen MR) is 93.1 cm³/mol. The summed E-state index contributed by atoms with van der Waals surface area (Å²) in [6, 6.07) is 11.5. The van der Waals surface area contributed by atoms with Crippen molar-refractivity contribution in [2.24, 2.45) is 0 Å². The number of nitrogens with one attached hydrogen (secondary N) is 1. The summed E-state index contributed by atoms with van der Waals surface area (Å²) in [5, 5.41) is 3.69. The molecule has 1 saturated heterocycles. The lowest BCUT2D eigenvalue weighted by molar-refractivity contribution is -0.00412. The Bertz CT molecular complexity index is 405. The molecule has 1 aliphatic heterocycles.